The first kappa shape index (κ1) is 18.0. The van der Waals surface area contributed by atoms with E-state index in [1.54, 1.807) is 0 Å². The van der Waals surface area contributed by atoms with Gasteiger partial charge in [-0.25, -0.2) is 5.06 Å². The van der Waals surface area contributed by atoms with E-state index in [9.17, 15) is 4.79 Å². The van der Waals surface area contributed by atoms with Gasteiger partial charge in [-0.05, 0) is 36.1 Å². The molecule has 0 atom stereocenters. The van der Waals surface area contributed by atoms with E-state index >= 15 is 0 Å². The number of rotatable bonds is 9. The third kappa shape index (κ3) is 6.05. The van der Waals surface area contributed by atoms with Crippen LogP contribution in [-0.2, 0) is 4.79 Å². The van der Waals surface area contributed by atoms with Crippen molar-refractivity contribution in [1.29, 1.82) is 0 Å². The van der Waals surface area contributed by atoms with E-state index in [0.717, 1.165) is 31.4 Å². The highest BCUT2D eigenvalue weighted by Crippen LogP contribution is 2.22. The van der Waals surface area contributed by atoms with E-state index in [4.69, 9.17) is 9.94 Å². The van der Waals surface area contributed by atoms with Crippen LogP contribution in [0, 0.1) is 0 Å². The minimum Gasteiger partial charge on any atom is -0.494 e. The Hall–Kier alpha value is -2.33. The van der Waals surface area contributed by atoms with Crippen LogP contribution in [0.2, 0.25) is 0 Å². The molecule has 2 aromatic rings. The quantitative estimate of drug-likeness (QED) is 0.418. The van der Waals surface area contributed by atoms with E-state index in [0.29, 0.717) is 18.1 Å². The molecule has 0 unspecified atom stereocenters. The van der Waals surface area contributed by atoms with Gasteiger partial charge in [-0.2, -0.15) is 0 Å². The number of carbonyl (C=O) groups excluding carboxylic acids is 1. The zero-order valence-corrected chi connectivity index (χ0v) is 14.1. The van der Waals surface area contributed by atoms with Crippen molar-refractivity contribution in [2.24, 2.45) is 0 Å². The molecule has 0 saturated heterocycles. The number of hydrogen-bond acceptors (Lipinski definition) is 3. The molecule has 2 rings (SSSR count). The molecule has 1 N–H and O–H groups in total. The number of amides is 1. The minimum atomic E-state index is -0.232. The van der Waals surface area contributed by atoms with Crippen molar-refractivity contribution in [2.75, 3.05) is 13.7 Å². The Labute approximate surface area is 143 Å². The highest BCUT2D eigenvalue weighted by Gasteiger charge is 2.04. The van der Waals surface area contributed by atoms with Gasteiger partial charge in [0.25, 0.3) is 0 Å². The SMILES string of the molecule is CN(O)C(=O)CCCCCCOc1ccc(-c2ccccc2)cc1. The standard InChI is InChI=1S/C20H25NO3/c1-21(23)20(22)11-7-2-3-8-16-24-19-14-12-18(13-15-19)17-9-5-4-6-10-17/h4-6,9-10,12-15,23H,2-3,7-8,11,16H2,1H3. The highest BCUT2D eigenvalue weighted by atomic mass is 16.5. The summed E-state index contributed by atoms with van der Waals surface area (Å²) < 4.78 is 5.75. The Kier molecular flexibility index (Phi) is 7.30. The van der Waals surface area contributed by atoms with Gasteiger partial charge in [-0.15, -0.1) is 0 Å². The van der Waals surface area contributed by atoms with Crippen molar-refractivity contribution >= 4 is 5.91 Å². The maximum absolute atomic E-state index is 11.2. The lowest BCUT2D eigenvalue weighted by atomic mass is 10.1. The molecule has 0 aromatic heterocycles. The molecule has 128 valence electrons. The fraction of sp³-hybridized carbons (Fsp3) is 0.350. The van der Waals surface area contributed by atoms with Crippen molar-refractivity contribution in [3.63, 3.8) is 0 Å². The minimum absolute atomic E-state index is 0.232. The van der Waals surface area contributed by atoms with Crippen LogP contribution in [0.25, 0.3) is 11.1 Å². The van der Waals surface area contributed by atoms with Crippen LogP contribution in [0.15, 0.2) is 54.6 Å². The number of unbranched alkanes of at least 4 members (excludes halogenated alkanes) is 3. The van der Waals surface area contributed by atoms with E-state index in [2.05, 4.69) is 24.3 Å². The van der Waals surface area contributed by atoms with Crippen LogP contribution in [0.3, 0.4) is 0 Å². The summed E-state index contributed by atoms with van der Waals surface area (Å²) in [5.74, 6) is 0.650. The van der Waals surface area contributed by atoms with Crippen molar-refractivity contribution < 1.29 is 14.7 Å². The van der Waals surface area contributed by atoms with E-state index < -0.39 is 0 Å². The third-order valence-electron chi connectivity index (χ3n) is 3.88. The smallest absolute Gasteiger partial charge is 0.245 e. The number of benzene rings is 2. The lowest BCUT2D eigenvalue weighted by Crippen LogP contribution is -2.21. The summed E-state index contributed by atoms with van der Waals surface area (Å²) in [6, 6.07) is 18.4. The number of hydrogen-bond donors (Lipinski definition) is 1. The first-order valence-electron chi connectivity index (χ1n) is 8.40. The van der Waals surface area contributed by atoms with Crippen LogP contribution < -0.4 is 4.74 Å². The molecule has 0 radical (unpaired) electrons. The Morgan fingerprint density at radius 1 is 0.917 bits per heavy atom. The molecular formula is C20H25NO3. The van der Waals surface area contributed by atoms with E-state index in [1.807, 2.05) is 30.3 Å². The van der Waals surface area contributed by atoms with Gasteiger partial charge < -0.3 is 4.74 Å². The second-order valence-electron chi connectivity index (χ2n) is 5.82. The topological polar surface area (TPSA) is 49.8 Å². The maximum Gasteiger partial charge on any atom is 0.245 e. The summed E-state index contributed by atoms with van der Waals surface area (Å²) in [4.78, 5) is 11.2. The second kappa shape index (κ2) is 9.73. The number of hydroxylamine groups is 2. The van der Waals surface area contributed by atoms with Crippen molar-refractivity contribution in [3.8, 4) is 16.9 Å². The molecule has 4 heteroatoms. The fourth-order valence-electron chi connectivity index (χ4n) is 2.46. The monoisotopic (exact) mass is 327 g/mol. The molecule has 0 aliphatic rings. The van der Waals surface area contributed by atoms with Crippen LogP contribution in [0.1, 0.15) is 32.1 Å². The maximum atomic E-state index is 11.2. The predicted octanol–water partition coefficient (Wildman–Crippen LogP) is 4.53. The van der Waals surface area contributed by atoms with Gasteiger partial charge in [0.2, 0.25) is 5.91 Å². The summed E-state index contributed by atoms with van der Waals surface area (Å²) in [5, 5.41) is 9.60. The molecule has 0 aliphatic heterocycles. The van der Waals surface area contributed by atoms with E-state index in [1.165, 1.54) is 18.2 Å². The molecule has 4 nitrogen and oxygen atoms in total. The first-order valence-corrected chi connectivity index (χ1v) is 8.40. The Morgan fingerprint density at radius 3 is 2.21 bits per heavy atom. The summed E-state index contributed by atoms with van der Waals surface area (Å²) in [6.07, 6.45) is 4.15. The zero-order chi connectivity index (χ0) is 17.2. The molecule has 2 aromatic carbocycles. The average molecular weight is 327 g/mol. The van der Waals surface area contributed by atoms with Crippen LogP contribution >= 0.6 is 0 Å². The van der Waals surface area contributed by atoms with Crippen LogP contribution in [-0.4, -0.2) is 29.8 Å². The molecule has 0 heterocycles. The van der Waals surface area contributed by atoms with Gasteiger partial charge in [0, 0.05) is 13.5 Å². The second-order valence-corrected chi connectivity index (χ2v) is 5.82. The Balaban J connectivity index is 1.62. The van der Waals surface area contributed by atoms with Crippen LogP contribution in [0.5, 0.6) is 5.75 Å². The van der Waals surface area contributed by atoms with Gasteiger partial charge in [0.1, 0.15) is 5.75 Å². The lowest BCUT2D eigenvalue weighted by Gasteiger charge is -2.09. The largest absolute Gasteiger partial charge is 0.494 e. The summed E-state index contributed by atoms with van der Waals surface area (Å²) in [7, 11) is 1.36. The number of carbonyl (C=O) groups is 1. The third-order valence-corrected chi connectivity index (χ3v) is 3.88. The fourth-order valence-corrected chi connectivity index (χ4v) is 2.46. The van der Waals surface area contributed by atoms with Crippen molar-refractivity contribution in [1.82, 2.24) is 5.06 Å². The molecule has 1 amide bonds. The average Bonchev–Trinajstić information content (AvgIpc) is 2.62. The van der Waals surface area contributed by atoms with Gasteiger partial charge in [0.15, 0.2) is 0 Å². The zero-order valence-electron chi connectivity index (χ0n) is 14.1. The summed E-state index contributed by atoms with van der Waals surface area (Å²) in [6.45, 7) is 0.679. The summed E-state index contributed by atoms with van der Waals surface area (Å²) >= 11 is 0. The van der Waals surface area contributed by atoms with Crippen molar-refractivity contribution in [2.45, 2.75) is 32.1 Å². The molecule has 0 aliphatic carbocycles. The highest BCUT2D eigenvalue weighted by molar-refractivity contribution is 5.74. The van der Waals surface area contributed by atoms with Crippen LogP contribution in [0.4, 0.5) is 0 Å². The Bertz CT molecular complexity index is 609. The number of ether oxygens (including phenoxy) is 1. The van der Waals surface area contributed by atoms with E-state index in [-0.39, 0.29) is 5.91 Å². The normalized spacial score (nSPS) is 10.4. The molecular weight excluding hydrogens is 302 g/mol. The lowest BCUT2D eigenvalue weighted by molar-refractivity contribution is -0.159. The van der Waals surface area contributed by atoms with Gasteiger partial charge in [0.05, 0.1) is 6.61 Å². The first-order chi connectivity index (χ1) is 11.7. The number of nitrogens with zero attached hydrogens (tertiary/aromatic N) is 1. The van der Waals surface area contributed by atoms with Gasteiger partial charge >= 0.3 is 0 Å². The Morgan fingerprint density at radius 2 is 1.54 bits per heavy atom. The van der Waals surface area contributed by atoms with Gasteiger partial charge in [-0.1, -0.05) is 55.3 Å². The molecule has 0 saturated carbocycles. The molecule has 0 fully saturated rings. The summed E-state index contributed by atoms with van der Waals surface area (Å²) in [5.41, 5.74) is 2.38. The molecule has 0 bridgehead atoms. The van der Waals surface area contributed by atoms with Gasteiger partial charge in [-0.3, -0.25) is 10.0 Å². The molecule has 24 heavy (non-hydrogen) atoms. The van der Waals surface area contributed by atoms with Crippen molar-refractivity contribution in [3.05, 3.63) is 54.6 Å². The predicted molar refractivity (Wildman–Crippen MR) is 95.0 cm³/mol. The molecule has 0 spiro atoms.